The van der Waals surface area contributed by atoms with Crippen LogP contribution in [0.1, 0.15) is 30.5 Å². The Kier molecular flexibility index (Phi) is 4.98. The van der Waals surface area contributed by atoms with Crippen molar-refractivity contribution in [2.24, 2.45) is 5.92 Å². The molecule has 0 saturated carbocycles. The Bertz CT molecular complexity index is 1050. The maximum absolute atomic E-state index is 12.1. The lowest BCUT2D eigenvalue weighted by atomic mass is 9.92. The Hall–Kier alpha value is -3.34. The Morgan fingerprint density at radius 2 is 2.25 bits per heavy atom. The molecule has 1 saturated heterocycles. The summed E-state index contributed by atoms with van der Waals surface area (Å²) in [4.78, 5) is 27.4. The number of carbonyl (C=O) groups excluding carboxylic acids is 1. The number of aryl methyl sites for hydroxylation is 1. The Morgan fingerprint density at radius 3 is 3.11 bits per heavy atom. The Morgan fingerprint density at radius 1 is 1.36 bits per heavy atom. The van der Waals surface area contributed by atoms with E-state index in [0.29, 0.717) is 18.3 Å². The number of likely N-dealkylation sites (tertiary alicyclic amines) is 1. The lowest BCUT2D eigenvalue weighted by Crippen LogP contribution is -2.40. The minimum Gasteiger partial charge on any atom is -0.342 e. The molecule has 0 bridgehead atoms. The third-order valence-corrected chi connectivity index (χ3v) is 5.23. The van der Waals surface area contributed by atoms with E-state index in [1.165, 1.54) is 0 Å². The van der Waals surface area contributed by atoms with Crippen LogP contribution in [0.3, 0.4) is 0 Å². The lowest BCUT2D eigenvalue weighted by molar-refractivity contribution is -0.131. The minimum absolute atomic E-state index is 0.0494. The van der Waals surface area contributed by atoms with Gasteiger partial charge >= 0.3 is 0 Å². The van der Waals surface area contributed by atoms with Gasteiger partial charge < -0.3 is 4.90 Å². The van der Waals surface area contributed by atoms with Crippen LogP contribution in [0.4, 0.5) is 0 Å². The van der Waals surface area contributed by atoms with Crippen LogP contribution < -0.4 is 0 Å². The molecule has 0 spiro atoms. The second kappa shape index (κ2) is 7.72. The number of hydrogen-bond donors (Lipinski definition) is 0. The first-order valence-corrected chi connectivity index (χ1v) is 9.40. The van der Waals surface area contributed by atoms with Crippen LogP contribution in [0.5, 0.6) is 0 Å². The second-order valence-corrected chi connectivity index (χ2v) is 7.17. The third kappa shape index (κ3) is 3.56. The molecule has 1 fully saturated rings. The van der Waals surface area contributed by atoms with Gasteiger partial charge in [-0.3, -0.25) is 9.78 Å². The molecule has 1 amide bonds. The molecule has 3 aromatic rings. The van der Waals surface area contributed by atoms with Gasteiger partial charge in [-0.2, -0.15) is 10.4 Å². The number of fused-ring (bicyclic) bond motifs is 1. The van der Waals surface area contributed by atoms with Crippen LogP contribution in [-0.4, -0.2) is 48.5 Å². The molecule has 1 atom stereocenters. The molecule has 8 nitrogen and oxygen atoms in total. The van der Waals surface area contributed by atoms with E-state index < -0.39 is 0 Å². The van der Waals surface area contributed by atoms with Crippen molar-refractivity contribution in [3.63, 3.8) is 0 Å². The molecule has 4 heterocycles. The molecular weight excluding hydrogens is 354 g/mol. The van der Waals surface area contributed by atoms with Crippen molar-refractivity contribution in [1.29, 1.82) is 5.26 Å². The number of nitrogens with zero attached hydrogens (tertiary/aromatic N) is 7. The fourth-order valence-corrected chi connectivity index (χ4v) is 3.73. The highest BCUT2D eigenvalue weighted by atomic mass is 16.2. The Labute approximate surface area is 162 Å². The smallest absolute Gasteiger partial charge is 0.236 e. The molecule has 1 aliphatic heterocycles. The highest BCUT2D eigenvalue weighted by Crippen LogP contribution is 2.25. The molecule has 28 heavy (non-hydrogen) atoms. The minimum atomic E-state index is -0.0776. The van der Waals surface area contributed by atoms with Crippen molar-refractivity contribution >= 4 is 11.4 Å². The summed E-state index contributed by atoms with van der Waals surface area (Å²) in [5, 5.41) is 13.1. The fraction of sp³-hybridized carbons (Fsp3) is 0.400. The number of aromatic nitrogens is 5. The Balaban J connectivity index is 1.56. The largest absolute Gasteiger partial charge is 0.342 e. The fourth-order valence-electron chi connectivity index (χ4n) is 3.73. The summed E-state index contributed by atoms with van der Waals surface area (Å²) in [5.74, 6) is 0.895. The van der Waals surface area contributed by atoms with Gasteiger partial charge in [0.2, 0.25) is 5.91 Å². The monoisotopic (exact) mass is 375 g/mol. The van der Waals surface area contributed by atoms with E-state index in [1.54, 1.807) is 29.3 Å². The SMILES string of the molecule is Cc1cnc(-c2cnn3ccncc23)nc1C[C@@H]1CCCN(C(=O)CC#N)C1. The van der Waals surface area contributed by atoms with Crippen molar-refractivity contribution < 1.29 is 4.79 Å². The van der Waals surface area contributed by atoms with E-state index in [-0.39, 0.29) is 12.3 Å². The first kappa shape index (κ1) is 18.0. The summed E-state index contributed by atoms with van der Waals surface area (Å²) >= 11 is 0. The zero-order valence-corrected chi connectivity index (χ0v) is 15.7. The van der Waals surface area contributed by atoms with E-state index in [0.717, 1.165) is 48.1 Å². The predicted molar refractivity (Wildman–Crippen MR) is 102 cm³/mol. The first-order valence-electron chi connectivity index (χ1n) is 9.40. The van der Waals surface area contributed by atoms with Gasteiger partial charge in [0.05, 0.1) is 29.5 Å². The van der Waals surface area contributed by atoms with E-state index in [9.17, 15) is 4.79 Å². The molecule has 0 aliphatic carbocycles. The van der Waals surface area contributed by atoms with Crippen LogP contribution in [0, 0.1) is 24.2 Å². The molecule has 0 unspecified atom stereocenters. The maximum Gasteiger partial charge on any atom is 0.236 e. The topological polar surface area (TPSA) is 100 Å². The molecule has 0 radical (unpaired) electrons. The second-order valence-electron chi connectivity index (χ2n) is 7.17. The first-order chi connectivity index (χ1) is 13.7. The number of rotatable bonds is 4. The van der Waals surface area contributed by atoms with E-state index in [1.807, 2.05) is 24.1 Å². The quantitative estimate of drug-likeness (QED) is 0.693. The van der Waals surface area contributed by atoms with Crippen LogP contribution in [0.2, 0.25) is 0 Å². The van der Waals surface area contributed by atoms with Crippen LogP contribution in [0.25, 0.3) is 16.9 Å². The molecule has 3 aromatic heterocycles. The summed E-state index contributed by atoms with van der Waals surface area (Å²) in [6, 6.07) is 1.95. The molecule has 0 aromatic carbocycles. The number of carbonyl (C=O) groups is 1. The normalized spacial score (nSPS) is 16.9. The van der Waals surface area contributed by atoms with Gasteiger partial charge in [0.15, 0.2) is 5.82 Å². The average Bonchev–Trinajstić information content (AvgIpc) is 3.14. The molecule has 8 heteroatoms. The molecule has 142 valence electrons. The van der Waals surface area contributed by atoms with Crippen LogP contribution in [0.15, 0.2) is 31.0 Å². The average molecular weight is 375 g/mol. The van der Waals surface area contributed by atoms with Gasteiger partial charge in [-0.15, -0.1) is 0 Å². The van der Waals surface area contributed by atoms with Gasteiger partial charge in [-0.25, -0.2) is 14.5 Å². The summed E-state index contributed by atoms with van der Waals surface area (Å²) in [6.45, 7) is 3.43. The summed E-state index contributed by atoms with van der Waals surface area (Å²) < 4.78 is 1.76. The van der Waals surface area contributed by atoms with Gasteiger partial charge in [0.1, 0.15) is 6.42 Å². The highest BCUT2D eigenvalue weighted by molar-refractivity contribution is 5.78. The molecular formula is C20H21N7O. The molecule has 0 N–H and O–H groups in total. The third-order valence-electron chi connectivity index (χ3n) is 5.23. The van der Waals surface area contributed by atoms with E-state index in [4.69, 9.17) is 10.2 Å². The van der Waals surface area contributed by atoms with Crippen LogP contribution >= 0.6 is 0 Å². The van der Waals surface area contributed by atoms with Gasteiger partial charge in [-0.1, -0.05) is 0 Å². The highest BCUT2D eigenvalue weighted by Gasteiger charge is 2.24. The summed E-state index contributed by atoms with van der Waals surface area (Å²) in [5.41, 5.74) is 3.75. The van der Waals surface area contributed by atoms with E-state index in [2.05, 4.69) is 15.1 Å². The van der Waals surface area contributed by atoms with E-state index >= 15 is 0 Å². The van der Waals surface area contributed by atoms with Crippen LogP contribution in [-0.2, 0) is 11.2 Å². The molecule has 4 rings (SSSR count). The zero-order valence-electron chi connectivity index (χ0n) is 15.7. The number of amides is 1. The van der Waals surface area contributed by atoms with Crippen molar-refractivity contribution in [3.8, 4) is 17.5 Å². The number of hydrogen-bond acceptors (Lipinski definition) is 6. The van der Waals surface area contributed by atoms with Crippen molar-refractivity contribution in [3.05, 3.63) is 42.2 Å². The standard InChI is InChI=1S/C20H21N7O/c1-14-10-23-20(16-11-24-27-8-6-22-12-18(16)27)25-17(14)9-15-3-2-7-26(13-15)19(28)4-5-21/h6,8,10-12,15H,2-4,7,9,13H2,1H3/t15-/m0/s1. The zero-order chi connectivity index (χ0) is 19.5. The maximum atomic E-state index is 12.1. The van der Waals surface area contributed by atoms with Crippen molar-refractivity contribution in [1.82, 2.24) is 29.5 Å². The molecule has 1 aliphatic rings. The van der Waals surface area contributed by atoms with Gasteiger partial charge in [-0.05, 0) is 37.7 Å². The van der Waals surface area contributed by atoms with Crippen molar-refractivity contribution in [2.45, 2.75) is 32.6 Å². The van der Waals surface area contributed by atoms with Gasteiger partial charge in [0.25, 0.3) is 0 Å². The van der Waals surface area contributed by atoms with Crippen molar-refractivity contribution in [2.75, 3.05) is 13.1 Å². The van der Waals surface area contributed by atoms with Gasteiger partial charge in [0, 0.05) is 37.4 Å². The summed E-state index contributed by atoms with van der Waals surface area (Å²) in [7, 11) is 0. The summed E-state index contributed by atoms with van der Waals surface area (Å²) in [6.07, 6.45) is 11.6. The lowest BCUT2D eigenvalue weighted by Gasteiger charge is -2.32. The number of nitriles is 1. The number of piperidine rings is 1. The predicted octanol–water partition coefficient (Wildman–Crippen LogP) is 2.19.